The molecule has 2 aromatic heterocycles. The Hall–Kier alpha value is -3.22. The SMILES string of the molecule is Cn1c(=O)oc2cc(-c3noc(-c4cccc(F)c4)n3)ccc21. The lowest BCUT2D eigenvalue weighted by atomic mass is 10.2. The molecule has 0 aliphatic heterocycles. The van der Waals surface area contributed by atoms with Crippen LogP contribution in [0, 0.1) is 5.82 Å². The van der Waals surface area contributed by atoms with Gasteiger partial charge in [0.15, 0.2) is 5.58 Å². The molecule has 114 valence electrons. The van der Waals surface area contributed by atoms with Gasteiger partial charge in [-0.1, -0.05) is 11.2 Å². The third-order valence-corrected chi connectivity index (χ3v) is 3.55. The Morgan fingerprint density at radius 2 is 2.00 bits per heavy atom. The first-order chi connectivity index (χ1) is 11.1. The van der Waals surface area contributed by atoms with Crippen molar-refractivity contribution < 1.29 is 13.3 Å². The van der Waals surface area contributed by atoms with Gasteiger partial charge in [0, 0.05) is 18.2 Å². The van der Waals surface area contributed by atoms with E-state index in [1.54, 1.807) is 37.4 Å². The zero-order valence-corrected chi connectivity index (χ0v) is 12.0. The molecule has 23 heavy (non-hydrogen) atoms. The fourth-order valence-corrected chi connectivity index (χ4v) is 2.35. The molecule has 0 atom stereocenters. The van der Waals surface area contributed by atoms with Gasteiger partial charge < -0.3 is 8.94 Å². The predicted molar refractivity (Wildman–Crippen MR) is 80.1 cm³/mol. The first kappa shape index (κ1) is 13.4. The monoisotopic (exact) mass is 311 g/mol. The molecule has 0 saturated carbocycles. The Morgan fingerprint density at radius 3 is 2.83 bits per heavy atom. The molecule has 0 spiro atoms. The van der Waals surface area contributed by atoms with Crippen molar-refractivity contribution in [3.05, 3.63) is 58.8 Å². The number of halogens is 1. The summed E-state index contributed by atoms with van der Waals surface area (Å²) < 4.78 is 25.0. The first-order valence-corrected chi connectivity index (χ1v) is 6.81. The van der Waals surface area contributed by atoms with Crippen LogP contribution in [0.4, 0.5) is 4.39 Å². The summed E-state index contributed by atoms with van der Waals surface area (Å²) in [7, 11) is 1.63. The molecular formula is C16H10FN3O3. The summed E-state index contributed by atoms with van der Waals surface area (Å²) in [4.78, 5) is 15.8. The van der Waals surface area contributed by atoms with Gasteiger partial charge in [-0.3, -0.25) is 4.57 Å². The molecule has 0 unspecified atom stereocenters. The molecule has 0 saturated heterocycles. The molecule has 2 heterocycles. The lowest BCUT2D eigenvalue weighted by Gasteiger charge is -1.95. The van der Waals surface area contributed by atoms with Gasteiger partial charge in [-0.2, -0.15) is 4.98 Å². The number of benzene rings is 2. The van der Waals surface area contributed by atoms with Crippen molar-refractivity contribution >= 4 is 11.1 Å². The van der Waals surface area contributed by atoms with E-state index in [1.165, 1.54) is 16.7 Å². The van der Waals surface area contributed by atoms with Gasteiger partial charge in [0.2, 0.25) is 5.82 Å². The number of hydrogen-bond acceptors (Lipinski definition) is 5. The molecule has 2 aromatic carbocycles. The first-order valence-electron chi connectivity index (χ1n) is 6.81. The minimum Gasteiger partial charge on any atom is -0.408 e. The summed E-state index contributed by atoms with van der Waals surface area (Å²) in [6.07, 6.45) is 0. The highest BCUT2D eigenvalue weighted by Crippen LogP contribution is 2.25. The smallest absolute Gasteiger partial charge is 0.408 e. The Bertz CT molecular complexity index is 1080. The van der Waals surface area contributed by atoms with E-state index in [-0.39, 0.29) is 11.7 Å². The molecule has 6 nitrogen and oxygen atoms in total. The standard InChI is InChI=1S/C16H10FN3O3/c1-20-12-6-5-9(8-13(12)22-16(20)21)14-18-15(23-19-14)10-3-2-4-11(17)7-10/h2-8H,1H3. The van der Waals surface area contributed by atoms with Crippen LogP contribution in [0.1, 0.15) is 0 Å². The van der Waals surface area contributed by atoms with Crippen LogP contribution in [0.15, 0.2) is 56.2 Å². The van der Waals surface area contributed by atoms with Crippen LogP contribution in [0.3, 0.4) is 0 Å². The number of oxazole rings is 1. The summed E-state index contributed by atoms with van der Waals surface area (Å²) in [5, 5.41) is 3.89. The number of nitrogens with zero attached hydrogens (tertiary/aromatic N) is 3. The average Bonchev–Trinajstić information content (AvgIpc) is 3.13. The van der Waals surface area contributed by atoms with Gasteiger partial charge in [0.25, 0.3) is 5.89 Å². The van der Waals surface area contributed by atoms with Crippen LogP contribution < -0.4 is 5.76 Å². The lowest BCUT2D eigenvalue weighted by molar-refractivity contribution is 0.432. The van der Waals surface area contributed by atoms with E-state index in [1.807, 2.05) is 0 Å². The maximum Gasteiger partial charge on any atom is 0.419 e. The zero-order valence-electron chi connectivity index (χ0n) is 12.0. The van der Waals surface area contributed by atoms with E-state index in [2.05, 4.69) is 10.1 Å². The molecule has 4 rings (SSSR count). The maximum absolute atomic E-state index is 13.3. The van der Waals surface area contributed by atoms with Crippen molar-refractivity contribution in [1.29, 1.82) is 0 Å². The van der Waals surface area contributed by atoms with Crippen molar-refractivity contribution in [3.63, 3.8) is 0 Å². The van der Waals surface area contributed by atoms with E-state index in [4.69, 9.17) is 8.94 Å². The summed E-state index contributed by atoms with van der Waals surface area (Å²) in [6.45, 7) is 0. The maximum atomic E-state index is 13.3. The molecule has 0 aliphatic rings. The van der Waals surface area contributed by atoms with Gasteiger partial charge in [-0.25, -0.2) is 9.18 Å². The normalized spacial score (nSPS) is 11.2. The van der Waals surface area contributed by atoms with E-state index >= 15 is 0 Å². The molecule has 0 fully saturated rings. The quantitative estimate of drug-likeness (QED) is 0.569. The minimum atomic E-state index is -0.439. The van der Waals surface area contributed by atoms with Crippen molar-refractivity contribution in [1.82, 2.24) is 14.7 Å². The van der Waals surface area contributed by atoms with Crippen LogP contribution in [-0.2, 0) is 7.05 Å². The third kappa shape index (κ3) is 2.22. The number of rotatable bonds is 2. The molecule has 0 N–H and O–H groups in total. The van der Waals surface area contributed by atoms with Gasteiger partial charge in [-0.05, 0) is 36.4 Å². The largest absolute Gasteiger partial charge is 0.419 e. The van der Waals surface area contributed by atoms with E-state index < -0.39 is 5.76 Å². The Balaban J connectivity index is 1.78. The Labute approximate surface area is 128 Å². The van der Waals surface area contributed by atoms with E-state index in [0.29, 0.717) is 28.1 Å². The second-order valence-electron chi connectivity index (χ2n) is 5.04. The summed E-state index contributed by atoms with van der Waals surface area (Å²) in [5.41, 5.74) is 2.24. The lowest BCUT2D eigenvalue weighted by Crippen LogP contribution is -2.08. The van der Waals surface area contributed by atoms with Gasteiger partial charge in [-0.15, -0.1) is 0 Å². The van der Waals surface area contributed by atoms with Crippen LogP contribution >= 0.6 is 0 Å². The molecule has 0 amide bonds. The number of fused-ring (bicyclic) bond motifs is 1. The van der Waals surface area contributed by atoms with Crippen LogP contribution in [0.5, 0.6) is 0 Å². The fraction of sp³-hybridized carbons (Fsp3) is 0.0625. The Morgan fingerprint density at radius 1 is 1.13 bits per heavy atom. The number of hydrogen-bond donors (Lipinski definition) is 0. The minimum absolute atomic E-state index is 0.217. The molecule has 4 aromatic rings. The molecule has 0 aliphatic carbocycles. The fourth-order valence-electron chi connectivity index (χ4n) is 2.35. The summed E-state index contributed by atoms with van der Waals surface area (Å²) >= 11 is 0. The van der Waals surface area contributed by atoms with E-state index in [0.717, 1.165) is 0 Å². The number of aromatic nitrogens is 3. The van der Waals surface area contributed by atoms with Crippen molar-refractivity contribution in [3.8, 4) is 22.8 Å². The van der Waals surface area contributed by atoms with E-state index in [9.17, 15) is 9.18 Å². The predicted octanol–water partition coefficient (Wildman–Crippen LogP) is 2.99. The highest BCUT2D eigenvalue weighted by atomic mass is 19.1. The number of aryl methyl sites for hydroxylation is 1. The third-order valence-electron chi connectivity index (χ3n) is 3.55. The van der Waals surface area contributed by atoms with Crippen LogP contribution in [-0.4, -0.2) is 14.7 Å². The van der Waals surface area contributed by atoms with Crippen LogP contribution in [0.25, 0.3) is 33.9 Å². The van der Waals surface area contributed by atoms with Gasteiger partial charge in [0.05, 0.1) is 5.52 Å². The molecular weight excluding hydrogens is 301 g/mol. The highest BCUT2D eigenvalue weighted by molar-refractivity contribution is 5.78. The van der Waals surface area contributed by atoms with Crippen LogP contribution in [0.2, 0.25) is 0 Å². The topological polar surface area (TPSA) is 74.1 Å². The molecule has 0 radical (unpaired) electrons. The summed E-state index contributed by atoms with van der Waals surface area (Å²) in [5.74, 6) is -0.271. The zero-order chi connectivity index (χ0) is 16.0. The summed E-state index contributed by atoms with van der Waals surface area (Å²) in [6, 6.07) is 11.1. The second kappa shape index (κ2) is 4.91. The second-order valence-corrected chi connectivity index (χ2v) is 5.04. The van der Waals surface area contributed by atoms with Gasteiger partial charge in [0.1, 0.15) is 5.82 Å². The van der Waals surface area contributed by atoms with Crippen molar-refractivity contribution in [2.45, 2.75) is 0 Å². The van der Waals surface area contributed by atoms with Crippen molar-refractivity contribution in [2.24, 2.45) is 7.05 Å². The van der Waals surface area contributed by atoms with Gasteiger partial charge >= 0.3 is 5.76 Å². The Kier molecular flexibility index (Phi) is 2.87. The van der Waals surface area contributed by atoms with Crippen molar-refractivity contribution in [2.75, 3.05) is 0 Å². The average molecular weight is 311 g/mol. The molecule has 0 bridgehead atoms. The molecule has 7 heteroatoms. The highest BCUT2D eigenvalue weighted by Gasteiger charge is 2.13.